The van der Waals surface area contributed by atoms with E-state index in [0.29, 0.717) is 23.7 Å². The Hall–Kier alpha value is -1.07. The lowest BCUT2D eigenvalue weighted by molar-refractivity contribution is 0.0723. The third kappa shape index (κ3) is 2.45. The van der Waals surface area contributed by atoms with Gasteiger partial charge >= 0.3 is 0 Å². The summed E-state index contributed by atoms with van der Waals surface area (Å²) in [7, 11) is 0. The molecule has 1 aromatic carbocycles. The Bertz CT molecular complexity index is 423. The summed E-state index contributed by atoms with van der Waals surface area (Å²) in [6.45, 7) is 5.26. The first-order chi connectivity index (χ1) is 8.13. The van der Waals surface area contributed by atoms with Crippen molar-refractivity contribution in [2.24, 2.45) is 0 Å². The molecule has 0 aliphatic carbocycles. The van der Waals surface area contributed by atoms with Crippen molar-refractivity contribution in [3.63, 3.8) is 0 Å². The van der Waals surface area contributed by atoms with Crippen LogP contribution in [0.3, 0.4) is 0 Å². The number of anilines is 2. The van der Waals surface area contributed by atoms with Crippen molar-refractivity contribution in [3.8, 4) is 5.75 Å². The Morgan fingerprint density at radius 3 is 3.00 bits per heavy atom. The van der Waals surface area contributed by atoms with E-state index >= 15 is 0 Å². The van der Waals surface area contributed by atoms with E-state index in [0.717, 1.165) is 23.5 Å². The Morgan fingerprint density at radius 2 is 2.29 bits per heavy atom. The highest BCUT2D eigenvalue weighted by atomic mass is 32.2. The number of aryl methyl sites for hydroxylation is 1. The predicted molar refractivity (Wildman–Crippen MR) is 71.4 cm³/mol. The molecule has 5 heteroatoms. The molecule has 1 unspecified atom stereocenters. The molecule has 4 N–H and O–H groups in total. The highest BCUT2D eigenvalue weighted by Gasteiger charge is 2.25. The van der Waals surface area contributed by atoms with E-state index < -0.39 is 0 Å². The van der Waals surface area contributed by atoms with Crippen LogP contribution in [0.2, 0.25) is 0 Å². The molecular weight excluding hydrogens is 236 g/mol. The van der Waals surface area contributed by atoms with Crippen LogP contribution in [0.4, 0.5) is 11.4 Å². The molecule has 1 heterocycles. The molecular formula is C12H18N2O2S. The summed E-state index contributed by atoms with van der Waals surface area (Å²) in [5.74, 6) is 0.712. The zero-order valence-corrected chi connectivity index (χ0v) is 11.0. The largest absolute Gasteiger partial charge is 0.487 e. The summed E-state index contributed by atoms with van der Waals surface area (Å²) in [6.07, 6.45) is 0.995. The molecule has 1 atom stereocenters. The molecule has 0 radical (unpaired) electrons. The van der Waals surface area contributed by atoms with E-state index in [1.807, 2.05) is 13.0 Å². The van der Waals surface area contributed by atoms with Gasteiger partial charge < -0.3 is 20.9 Å². The van der Waals surface area contributed by atoms with Gasteiger partial charge in [0.15, 0.2) is 5.75 Å². The number of nitrogen functional groups attached to an aromatic ring is 2. The normalized spacial score (nSPS) is 18.6. The first-order valence-electron chi connectivity index (χ1n) is 5.73. The van der Waals surface area contributed by atoms with Crippen LogP contribution in [0.5, 0.6) is 5.75 Å². The first kappa shape index (κ1) is 12.4. The van der Waals surface area contributed by atoms with E-state index in [9.17, 15) is 0 Å². The third-order valence-electron chi connectivity index (χ3n) is 2.63. The van der Waals surface area contributed by atoms with E-state index in [1.165, 1.54) is 0 Å². The maximum Gasteiger partial charge on any atom is 0.158 e. The number of benzene rings is 1. The Balaban J connectivity index is 2.23. The Labute approximate surface area is 106 Å². The van der Waals surface area contributed by atoms with Gasteiger partial charge in [0, 0.05) is 12.3 Å². The molecule has 0 saturated heterocycles. The minimum atomic E-state index is 0.00635. The van der Waals surface area contributed by atoms with Crippen molar-refractivity contribution < 1.29 is 9.47 Å². The third-order valence-corrected chi connectivity index (χ3v) is 3.82. The lowest BCUT2D eigenvalue weighted by Crippen LogP contribution is -2.23. The summed E-state index contributed by atoms with van der Waals surface area (Å²) in [5.41, 5.74) is 14.3. The average molecular weight is 254 g/mol. The maximum absolute atomic E-state index is 5.99. The van der Waals surface area contributed by atoms with Crippen molar-refractivity contribution >= 4 is 23.1 Å². The van der Waals surface area contributed by atoms with Gasteiger partial charge in [0.25, 0.3) is 0 Å². The summed E-state index contributed by atoms with van der Waals surface area (Å²) in [4.78, 5) is 0.903. The number of hydrogen-bond donors (Lipinski definition) is 2. The summed E-state index contributed by atoms with van der Waals surface area (Å²) in [5, 5.41) is 0. The smallest absolute Gasteiger partial charge is 0.158 e. The molecule has 2 rings (SSSR count). The van der Waals surface area contributed by atoms with Gasteiger partial charge in [-0.2, -0.15) is 0 Å². The number of rotatable bonds is 3. The molecule has 0 spiro atoms. The minimum absolute atomic E-state index is 0.00635. The Kier molecular flexibility index (Phi) is 3.69. The number of thioether (sulfide) groups is 1. The van der Waals surface area contributed by atoms with Crippen LogP contribution in [0.15, 0.2) is 11.0 Å². The fraction of sp³-hybridized carbons (Fsp3) is 0.500. The SMILES string of the molecule is CCCOC1COc2c(N)c(C)cc(N)c2S1. The van der Waals surface area contributed by atoms with Gasteiger partial charge in [-0.1, -0.05) is 18.7 Å². The summed E-state index contributed by atoms with van der Waals surface area (Å²) >= 11 is 1.59. The van der Waals surface area contributed by atoms with Gasteiger partial charge in [-0.3, -0.25) is 0 Å². The number of hydrogen-bond acceptors (Lipinski definition) is 5. The van der Waals surface area contributed by atoms with Crippen LogP contribution in [0, 0.1) is 6.92 Å². The topological polar surface area (TPSA) is 70.5 Å². The van der Waals surface area contributed by atoms with Crippen LogP contribution >= 0.6 is 11.8 Å². The van der Waals surface area contributed by atoms with E-state index in [-0.39, 0.29) is 5.44 Å². The number of ether oxygens (including phenoxy) is 2. The average Bonchev–Trinajstić information content (AvgIpc) is 2.33. The molecule has 0 saturated carbocycles. The van der Waals surface area contributed by atoms with Gasteiger partial charge in [0.1, 0.15) is 12.0 Å². The van der Waals surface area contributed by atoms with Crippen molar-refractivity contribution in [1.29, 1.82) is 0 Å². The zero-order valence-electron chi connectivity index (χ0n) is 10.2. The van der Waals surface area contributed by atoms with E-state index in [2.05, 4.69) is 6.92 Å². The molecule has 1 aliphatic heterocycles. The lowest BCUT2D eigenvalue weighted by atomic mass is 10.1. The van der Waals surface area contributed by atoms with Crippen LogP contribution in [-0.2, 0) is 4.74 Å². The first-order valence-corrected chi connectivity index (χ1v) is 6.61. The van der Waals surface area contributed by atoms with Gasteiger partial charge in [0.2, 0.25) is 0 Å². The Morgan fingerprint density at radius 1 is 1.53 bits per heavy atom. The van der Waals surface area contributed by atoms with E-state index in [4.69, 9.17) is 20.9 Å². The highest BCUT2D eigenvalue weighted by molar-refractivity contribution is 8.00. The van der Waals surface area contributed by atoms with Crippen LogP contribution < -0.4 is 16.2 Å². The number of fused-ring (bicyclic) bond motifs is 1. The predicted octanol–water partition coefficient (Wildman–Crippen LogP) is 2.40. The van der Waals surface area contributed by atoms with Gasteiger partial charge in [0.05, 0.1) is 10.6 Å². The van der Waals surface area contributed by atoms with Crippen LogP contribution in [0.25, 0.3) is 0 Å². The van der Waals surface area contributed by atoms with Crippen molar-refractivity contribution in [1.82, 2.24) is 0 Å². The van der Waals surface area contributed by atoms with Crippen molar-refractivity contribution in [2.45, 2.75) is 30.6 Å². The summed E-state index contributed by atoms with van der Waals surface area (Å²) in [6, 6.07) is 1.88. The van der Waals surface area contributed by atoms with Crippen molar-refractivity contribution in [3.05, 3.63) is 11.6 Å². The second-order valence-corrected chi connectivity index (χ2v) is 5.25. The quantitative estimate of drug-likeness (QED) is 0.810. The lowest BCUT2D eigenvalue weighted by Gasteiger charge is -2.27. The molecule has 17 heavy (non-hydrogen) atoms. The minimum Gasteiger partial charge on any atom is -0.487 e. The van der Waals surface area contributed by atoms with Gasteiger partial charge in [-0.15, -0.1) is 0 Å². The van der Waals surface area contributed by atoms with E-state index in [1.54, 1.807) is 11.8 Å². The second kappa shape index (κ2) is 5.06. The van der Waals surface area contributed by atoms with Crippen molar-refractivity contribution in [2.75, 3.05) is 24.7 Å². The summed E-state index contributed by atoms with van der Waals surface area (Å²) < 4.78 is 11.3. The monoisotopic (exact) mass is 254 g/mol. The fourth-order valence-corrected chi connectivity index (χ4v) is 2.76. The molecule has 1 aromatic rings. The molecule has 0 bridgehead atoms. The van der Waals surface area contributed by atoms with Gasteiger partial charge in [-0.05, 0) is 25.0 Å². The van der Waals surface area contributed by atoms with Crippen LogP contribution in [0.1, 0.15) is 18.9 Å². The molecule has 4 nitrogen and oxygen atoms in total. The van der Waals surface area contributed by atoms with Crippen LogP contribution in [-0.4, -0.2) is 18.6 Å². The molecule has 0 aromatic heterocycles. The highest BCUT2D eigenvalue weighted by Crippen LogP contribution is 2.46. The molecule has 0 fully saturated rings. The molecule has 94 valence electrons. The molecule has 1 aliphatic rings. The standard InChI is InChI=1S/C12H18N2O2S/c1-3-4-15-9-6-16-11-10(14)7(2)5-8(13)12(11)17-9/h5,9H,3-4,6,13-14H2,1-2H3. The molecule has 0 amide bonds. The fourth-order valence-electron chi connectivity index (χ4n) is 1.72. The second-order valence-electron chi connectivity index (χ2n) is 4.08. The van der Waals surface area contributed by atoms with Gasteiger partial charge in [-0.25, -0.2) is 0 Å². The maximum atomic E-state index is 5.99. The number of nitrogens with two attached hydrogens (primary N) is 2. The zero-order chi connectivity index (χ0) is 12.4.